The van der Waals surface area contributed by atoms with Gasteiger partial charge in [-0.15, -0.1) is 0 Å². The number of fused-ring (bicyclic) bond motifs is 7. The van der Waals surface area contributed by atoms with Crippen LogP contribution in [0.2, 0.25) is 0 Å². The van der Waals surface area contributed by atoms with E-state index in [1.165, 1.54) is 5.57 Å². The number of hydrogen-bond donors (Lipinski definition) is 9. The molecule has 0 bridgehead atoms. The first kappa shape index (κ1) is 42.0. The van der Waals surface area contributed by atoms with Crippen LogP contribution in [0.4, 0.5) is 0 Å². The molecule has 0 spiro atoms. The second-order valence-electron chi connectivity index (χ2n) is 20.1. The van der Waals surface area contributed by atoms with Crippen molar-refractivity contribution in [1.29, 1.82) is 0 Å². The quantitative estimate of drug-likeness (QED) is 0.127. The molecule has 55 heavy (non-hydrogen) atoms. The molecule has 20 atom stereocenters. The highest BCUT2D eigenvalue weighted by molar-refractivity contribution is 5.83. The molecule has 14 heteroatoms. The van der Waals surface area contributed by atoms with Gasteiger partial charge in [-0.05, 0) is 84.4 Å². The van der Waals surface area contributed by atoms with Gasteiger partial charge in [-0.25, -0.2) is 0 Å². The molecule has 7 rings (SSSR count). The van der Waals surface area contributed by atoms with Gasteiger partial charge in [0.2, 0.25) is 0 Å². The third-order valence-electron chi connectivity index (χ3n) is 16.5. The van der Waals surface area contributed by atoms with E-state index < -0.39 is 97.7 Å². The molecule has 5 aliphatic carbocycles. The molecule has 0 aromatic carbocycles. The predicted molar refractivity (Wildman–Crippen MR) is 195 cm³/mol. The molecular formula is C41H66O14. The maximum atomic E-state index is 13.4. The molecule has 20 unspecified atom stereocenters. The number of ether oxygens (including phenoxy) is 4. The van der Waals surface area contributed by atoms with E-state index in [-0.39, 0.29) is 46.5 Å². The number of carbonyl (C=O) groups excluding carboxylic acids is 1. The Kier molecular flexibility index (Phi) is 11.1. The van der Waals surface area contributed by atoms with Crippen molar-refractivity contribution in [3.8, 4) is 0 Å². The number of carbonyl (C=O) groups is 1. The van der Waals surface area contributed by atoms with Gasteiger partial charge in [0, 0.05) is 17.8 Å². The lowest BCUT2D eigenvalue weighted by molar-refractivity contribution is -0.384. The highest BCUT2D eigenvalue weighted by Crippen LogP contribution is 2.74. The first-order valence-corrected chi connectivity index (χ1v) is 20.5. The molecule has 4 saturated carbocycles. The van der Waals surface area contributed by atoms with Gasteiger partial charge in [0.05, 0.1) is 32.0 Å². The zero-order valence-corrected chi connectivity index (χ0v) is 33.2. The Morgan fingerprint density at radius 3 is 2.00 bits per heavy atom. The Morgan fingerprint density at radius 1 is 0.727 bits per heavy atom. The van der Waals surface area contributed by atoms with E-state index in [1.54, 1.807) is 0 Å². The topological polar surface area (TPSA) is 236 Å². The first-order valence-electron chi connectivity index (χ1n) is 20.5. The molecule has 0 amide bonds. The molecule has 0 radical (unpaired) electrons. The van der Waals surface area contributed by atoms with Crippen LogP contribution < -0.4 is 0 Å². The van der Waals surface area contributed by atoms with Gasteiger partial charge in [-0.1, -0.05) is 53.2 Å². The molecule has 0 aromatic rings. The minimum absolute atomic E-state index is 0.0452. The van der Waals surface area contributed by atoms with Crippen LogP contribution in [0.1, 0.15) is 92.9 Å². The largest absolute Gasteiger partial charge is 0.396 e. The van der Waals surface area contributed by atoms with Crippen molar-refractivity contribution in [2.24, 2.45) is 50.7 Å². The Balaban J connectivity index is 1.18. The van der Waals surface area contributed by atoms with Crippen LogP contribution >= 0.6 is 0 Å². The lowest BCUT2D eigenvalue weighted by atomic mass is 9.34. The third-order valence-corrected chi connectivity index (χ3v) is 16.5. The molecule has 9 N–H and O–H groups in total. The van der Waals surface area contributed by atoms with Crippen LogP contribution in [0.25, 0.3) is 0 Å². The number of allylic oxidation sites excluding steroid dienone is 2. The standard InChI is InChI=1S/C41H66O14/c1-37(2)13-20-19(22(45)14-37)9-11-40(5)21(20)7-8-27-38(3)15-23(46)34(39(4,18-44)26(38)10-12-41(27,40)6)55-36-33(31(50)29(48)25(17-43)53-36)54-35-32(51)30(49)28(47)24(16-42)52-35/h7,19-20,23-36,42-44,46-51H,8-18H2,1-6H3. The van der Waals surface area contributed by atoms with Crippen LogP contribution in [0.3, 0.4) is 0 Å². The number of Topliss-reactive ketones (excluding diaryl/α,β-unsaturated/α-hetero) is 1. The summed E-state index contributed by atoms with van der Waals surface area (Å²) < 4.78 is 24.0. The fourth-order valence-corrected chi connectivity index (χ4v) is 13.5. The smallest absolute Gasteiger partial charge is 0.187 e. The fraction of sp³-hybridized carbons (Fsp3) is 0.927. The second kappa shape index (κ2) is 14.6. The molecule has 2 heterocycles. The Hall–Kier alpha value is -1.11. The van der Waals surface area contributed by atoms with Crippen molar-refractivity contribution < 1.29 is 69.7 Å². The monoisotopic (exact) mass is 782 g/mol. The van der Waals surface area contributed by atoms with Gasteiger partial charge in [-0.3, -0.25) is 4.79 Å². The Bertz CT molecular complexity index is 1470. The summed E-state index contributed by atoms with van der Waals surface area (Å²) in [6.07, 6.45) is -9.78. The summed E-state index contributed by atoms with van der Waals surface area (Å²) in [5.41, 5.74) is -0.344. The minimum Gasteiger partial charge on any atom is -0.396 e. The average molecular weight is 783 g/mol. The van der Waals surface area contributed by atoms with Crippen molar-refractivity contribution in [1.82, 2.24) is 0 Å². The Labute approximate surface area is 323 Å². The van der Waals surface area contributed by atoms with Gasteiger partial charge >= 0.3 is 0 Å². The summed E-state index contributed by atoms with van der Waals surface area (Å²) in [5.74, 6) is 0.733. The predicted octanol–water partition coefficient (Wildman–Crippen LogP) is 0.549. The number of ketones is 1. The molecule has 14 nitrogen and oxygen atoms in total. The number of rotatable bonds is 7. The molecule has 2 aliphatic heterocycles. The van der Waals surface area contributed by atoms with Crippen molar-refractivity contribution in [3.05, 3.63) is 11.6 Å². The van der Waals surface area contributed by atoms with Gasteiger partial charge in [0.15, 0.2) is 12.6 Å². The van der Waals surface area contributed by atoms with Crippen LogP contribution in [-0.2, 0) is 23.7 Å². The van der Waals surface area contributed by atoms with Gasteiger partial charge in [0.1, 0.15) is 54.6 Å². The zero-order chi connectivity index (χ0) is 40.2. The number of aliphatic hydroxyl groups is 9. The van der Waals surface area contributed by atoms with E-state index in [2.05, 4.69) is 40.7 Å². The van der Waals surface area contributed by atoms with E-state index in [4.69, 9.17) is 18.9 Å². The van der Waals surface area contributed by atoms with Crippen molar-refractivity contribution in [2.75, 3.05) is 19.8 Å². The zero-order valence-electron chi connectivity index (χ0n) is 33.2. The lowest BCUT2D eigenvalue weighted by Crippen LogP contribution is -2.69. The van der Waals surface area contributed by atoms with E-state index in [0.717, 1.165) is 38.5 Å². The summed E-state index contributed by atoms with van der Waals surface area (Å²) in [4.78, 5) is 13.4. The average Bonchev–Trinajstić information content (AvgIpc) is 3.12. The van der Waals surface area contributed by atoms with Crippen LogP contribution in [-0.4, -0.2) is 145 Å². The van der Waals surface area contributed by atoms with Gasteiger partial charge in [0.25, 0.3) is 0 Å². The van der Waals surface area contributed by atoms with E-state index in [0.29, 0.717) is 18.6 Å². The van der Waals surface area contributed by atoms with E-state index in [9.17, 15) is 50.8 Å². The summed E-state index contributed by atoms with van der Waals surface area (Å²) in [7, 11) is 0. The summed E-state index contributed by atoms with van der Waals surface area (Å²) >= 11 is 0. The summed E-state index contributed by atoms with van der Waals surface area (Å²) in [5, 5.41) is 96.8. The second-order valence-corrected chi connectivity index (χ2v) is 20.1. The van der Waals surface area contributed by atoms with Crippen molar-refractivity contribution in [3.63, 3.8) is 0 Å². The molecule has 6 fully saturated rings. The van der Waals surface area contributed by atoms with E-state index >= 15 is 0 Å². The fourth-order valence-electron chi connectivity index (χ4n) is 13.5. The lowest BCUT2D eigenvalue weighted by Gasteiger charge is -2.71. The van der Waals surface area contributed by atoms with E-state index in [1.807, 2.05) is 6.92 Å². The van der Waals surface area contributed by atoms with Crippen LogP contribution in [0, 0.1) is 50.7 Å². The number of aliphatic hydroxyl groups excluding tert-OH is 9. The maximum Gasteiger partial charge on any atom is 0.187 e. The molecule has 0 aromatic heterocycles. The molecular weight excluding hydrogens is 716 g/mol. The number of hydrogen-bond acceptors (Lipinski definition) is 14. The van der Waals surface area contributed by atoms with Crippen molar-refractivity contribution >= 4 is 5.78 Å². The first-order chi connectivity index (χ1) is 25.7. The minimum atomic E-state index is -1.83. The highest BCUT2D eigenvalue weighted by Gasteiger charge is 2.70. The third kappa shape index (κ3) is 6.35. The molecule has 314 valence electrons. The highest BCUT2D eigenvalue weighted by atomic mass is 16.8. The Morgan fingerprint density at radius 2 is 1.36 bits per heavy atom. The van der Waals surface area contributed by atoms with Crippen LogP contribution in [0.5, 0.6) is 0 Å². The maximum absolute atomic E-state index is 13.4. The summed E-state index contributed by atoms with van der Waals surface area (Å²) in [6, 6.07) is 0. The normalized spacial score (nSPS) is 55.0. The summed E-state index contributed by atoms with van der Waals surface area (Å²) in [6.45, 7) is 11.6. The molecule has 2 saturated heterocycles. The van der Waals surface area contributed by atoms with Crippen LogP contribution in [0.15, 0.2) is 11.6 Å². The van der Waals surface area contributed by atoms with Gasteiger partial charge in [-0.2, -0.15) is 0 Å². The molecule has 7 aliphatic rings. The van der Waals surface area contributed by atoms with Gasteiger partial charge < -0.3 is 64.9 Å². The SMILES string of the molecule is CC1(C)CC(=O)C2CCC3(C)C(=CCC4C5(C)CC(O)C(OC6OC(CO)C(O)C(O)C6OC6OC(CO)C(O)C(O)C6O)C(C)(CO)C5CCC43C)C2C1. The van der Waals surface area contributed by atoms with Crippen molar-refractivity contribution in [2.45, 2.75) is 167 Å².